The first-order valence-electron chi connectivity index (χ1n) is 9.80. The van der Waals surface area contributed by atoms with Crippen LogP contribution >= 0.6 is 0 Å². The monoisotopic (exact) mass is 415 g/mol. The van der Waals surface area contributed by atoms with Gasteiger partial charge in [0.1, 0.15) is 17.0 Å². The van der Waals surface area contributed by atoms with Crippen LogP contribution in [0.15, 0.2) is 48.7 Å². The van der Waals surface area contributed by atoms with E-state index in [0.29, 0.717) is 23.8 Å². The van der Waals surface area contributed by atoms with E-state index in [4.69, 9.17) is 14.5 Å². The number of amides is 1. The number of nitrogens with zero attached hydrogens (tertiary/aromatic N) is 1. The van der Waals surface area contributed by atoms with E-state index < -0.39 is 0 Å². The number of methoxy groups -OCH3 is 2. The number of nitrogens with one attached hydrogen (secondary N) is 4. The standard InChI is InChI=1S/C23H21N5O3/c1-30-14-5-3-13(4-6-14)12-25-23-27-17-8-7-16-20(21(17)28-23)15(22(29)26-16)11-18-19(31-2)9-10-24-18/h3-11,24H,12H2,1-2H3,(H,26,29)(H2,25,27,28)/b15-11+. The highest BCUT2D eigenvalue weighted by Gasteiger charge is 2.28. The highest BCUT2D eigenvalue weighted by atomic mass is 16.5. The quantitative estimate of drug-likeness (QED) is 0.356. The lowest BCUT2D eigenvalue weighted by Crippen LogP contribution is -2.03. The zero-order valence-corrected chi connectivity index (χ0v) is 17.1. The zero-order chi connectivity index (χ0) is 21.4. The van der Waals surface area contributed by atoms with Crippen LogP contribution in [0, 0.1) is 0 Å². The van der Waals surface area contributed by atoms with Crippen LogP contribution < -0.4 is 20.1 Å². The van der Waals surface area contributed by atoms with Crippen molar-refractivity contribution in [2.24, 2.45) is 0 Å². The molecule has 0 saturated heterocycles. The maximum Gasteiger partial charge on any atom is 0.256 e. The molecule has 0 atom stereocenters. The zero-order valence-electron chi connectivity index (χ0n) is 17.1. The molecule has 156 valence electrons. The van der Waals surface area contributed by atoms with Crippen molar-refractivity contribution in [3.63, 3.8) is 0 Å². The number of fused-ring (bicyclic) bond motifs is 3. The van der Waals surface area contributed by atoms with Gasteiger partial charge in [0.2, 0.25) is 5.95 Å². The lowest BCUT2D eigenvalue weighted by atomic mass is 10.0. The van der Waals surface area contributed by atoms with Crippen LogP contribution in [0.25, 0.3) is 22.7 Å². The molecule has 1 aliphatic rings. The third-order valence-corrected chi connectivity index (χ3v) is 5.28. The fourth-order valence-electron chi connectivity index (χ4n) is 3.71. The van der Waals surface area contributed by atoms with Gasteiger partial charge in [-0.05, 0) is 42.0 Å². The number of ether oxygens (including phenoxy) is 2. The van der Waals surface area contributed by atoms with E-state index in [1.807, 2.05) is 42.5 Å². The maximum absolute atomic E-state index is 12.7. The van der Waals surface area contributed by atoms with Crippen molar-refractivity contribution in [3.8, 4) is 11.5 Å². The van der Waals surface area contributed by atoms with Gasteiger partial charge >= 0.3 is 0 Å². The number of H-pyrrole nitrogens is 2. The van der Waals surface area contributed by atoms with E-state index in [2.05, 4.69) is 20.6 Å². The maximum atomic E-state index is 12.7. The Morgan fingerprint density at radius 2 is 1.90 bits per heavy atom. The highest BCUT2D eigenvalue weighted by molar-refractivity contribution is 6.37. The van der Waals surface area contributed by atoms with Crippen LogP contribution in [0.4, 0.5) is 11.6 Å². The van der Waals surface area contributed by atoms with Crippen molar-refractivity contribution in [1.29, 1.82) is 0 Å². The van der Waals surface area contributed by atoms with Gasteiger partial charge in [-0.25, -0.2) is 4.98 Å². The summed E-state index contributed by atoms with van der Waals surface area (Å²) in [4.78, 5) is 23.8. The Bertz CT molecular complexity index is 1300. The van der Waals surface area contributed by atoms with E-state index >= 15 is 0 Å². The molecule has 4 aromatic rings. The van der Waals surface area contributed by atoms with Crippen molar-refractivity contribution < 1.29 is 14.3 Å². The summed E-state index contributed by atoms with van der Waals surface area (Å²) >= 11 is 0. The molecule has 1 aliphatic heterocycles. The lowest BCUT2D eigenvalue weighted by molar-refractivity contribution is -0.110. The number of aromatic amines is 2. The van der Waals surface area contributed by atoms with E-state index in [9.17, 15) is 4.79 Å². The van der Waals surface area contributed by atoms with Gasteiger partial charge in [0.25, 0.3) is 5.91 Å². The molecule has 0 bridgehead atoms. The SMILES string of the molecule is COc1ccc(CNc2nc3c4c(ccc3[nH]2)NC(=O)/C4=C/c2[nH]ccc2OC)cc1. The third-order valence-electron chi connectivity index (χ3n) is 5.28. The van der Waals surface area contributed by atoms with E-state index in [-0.39, 0.29) is 5.91 Å². The second-order valence-corrected chi connectivity index (χ2v) is 7.14. The molecule has 0 saturated carbocycles. The average Bonchev–Trinajstić information content (AvgIpc) is 3.49. The second kappa shape index (κ2) is 7.56. The summed E-state index contributed by atoms with van der Waals surface area (Å²) in [6.07, 6.45) is 3.56. The molecule has 3 heterocycles. The van der Waals surface area contributed by atoms with E-state index in [0.717, 1.165) is 39.3 Å². The Morgan fingerprint density at radius 3 is 2.68 bits per heavy atom. The van der Waals surface area contributed by atoms with Crippen LogP contribution in [0.5, 0.6) is 11.5 Å². The van der Waals surface area contributed by atoms with Crippen molar-refractivity contribution >= 4 is 40.2 Å². The summed E-state index contributed by atoms with van der Waals surface area (Å²) in [5.41, 5.74) is 5.44. The topological polar surface area (TPSA) is 104 Å². The minimum Gasteiger partial charge on any atom is -0.497 e. The largest absolute Gasteiger partial charge is 0.497 e. The number of benzene rings is 2. The number of rotatable bonds is 6. The van der Waals surface area contributed by atoms with Gasteiger partial charge in [0.15, 0.2) is 0 Å². The molecule has 0 spiro atoms. The number of hydrogen-bond donors (Lipinski definition) is 4. The molecule has 0 radical (unpaired) electrons. The van der Waals surface area contributed by atoms with Gasteiger partial charge < -0.3 is 30.1 Å². The minimum atomic E-state index is -0.171. The summed E-state index contributed by atoms with van der Waals surface area (Å²) in [6, 6.07) is 13.5. The van der Waals surface area contributed by atoms with Gasteiger partial charge in [0.05, 0.1) is 36.7 Å². The number of carbonyl (C=O) groups excluding carboxylic acids is 1. The number of anilines is 2. The number of hydrogen-bond acceptors (Lipinski definition) is 5. The van der Waals surface area contributed by atoms with Crippen molar-refractivity contribution in [2.75, 3.05) is 24.9 Å². The van der Waals surface area contributed by atoms with Crippen molar-refractivity contribution in [2.45, 2.75) is 6.54 Å². The van der Waals surface area contributed by atoms with Gasteiger partial charge in [-0.2, -0.15) is 0 Å². The Balaban J connectivity index is 1.48. The van der Waals surface area contributed by atoms with Crippen molar-refractivity contribution in [1.82, 2.24) is 15.0 Å². The van der Waals surface area contributed by atoms with Gasteiger partial charge in [-0.3, -0.25) is 4.79 Å². The first-order chi connectivity index (χ1) is 15.2. The molecule has 5 rings (SSSR count). The van der Waals surface area contributed by atoms with Gasteiger partial charge in [-0.15, -0.1) is 0 Å². The first-order valence-corrected chi connectivity index (χ1v) is 9.80. The number of aromatic nitrogens is 3. The molecule has 0 fully saturated rings. The minimum absolute atomic E-state index is 0.171. The Morgan fingerprint density at radius 1 is 1.06 bits per heavy atom. The van der Waals surface area contributed by atoms with Gasteiger partial charge in [-0.1, -0.05) is 12.1 Å². The molecule has 0 aliphatic carbocycles. The number of imidazole rings is 1. The van der Waals surface area contributed by atoms with Gasteiger partial charge in [0, 0.05) is 18.3 Å². The smallest absolute Gasteiger partial charge is 0.256 e. The third kappa shape index (κ3) is 3.38. The van der Waals surface area contributed by atoms with Crippen LogP contribution in [-0.4, -0.2) is 35.1 Å². The Hall–Kier alpha value is -4.20. The molecule has 2 aromatic heterocycles. The Kier molecular flexibility index (Phi) is 4.59. The van der Waals surface area contributed by atoms with Crippen LogP contribution in [0.3, 0.4) is 0 Å². The molecule has 1 amide bonds. The van der Waals surface area contributed by atoms with Crippen molar-refractivity contribution in [3.05, 3.63) is 65.5 Å². The van der Waals surface area contributed by atoms with Crippen LogP contribution in [0.1, 0.15) is 16.8 Å². The molecule has 8 heteroatoms. The molecule has 4 N–H and O–H groups in total. The number of carbonyl (C=O) groups is 1. The predicted molar refractivity (Wildman–Crippen MR) is 120 cm³/mol. The summed E-state index contributed by atoms with van der Waals surface area (Å²) in [7, 11) is 3.24. The molecular formula is C23H21N5O3. The average molecular weight is 415 g/mol. The fraction of sp³-hybridized carbons (Fsp3) is 0.130. The molecule has 31 heavy (non-hydrogen) atoms. The Labute approximate surface area is 178 Å². The van der Waals surface area contributed by atoms with Crippen LogP contribution in [-0.2, 0) is 11.3 Å². The summed E-state index contributed by atoms with van der Waals surface area (Å²) < 4.78 is 10.5. The molecule has 2 aromatic carbocycles. The highest BCUT2D eigenvalue weighted by Crippen LogP contribution is 2.39. The van der Waals surface area contributed by atoms with E-state index in [1.165, 1.54) is 0 Å². The predicted octanol–water partition coefficient (Wildman–Crippen LogP) is 4.01. The van der Waals surface area contributed by atoms with Crippen LogP contribution in [0.2, 0.25) is 0 Å². The molecule has 8 nitrogen and oxygen atoms in total. The fourth-order valence-corrected chi connectivity index (χ4v) is 3.71. The molecular weight excluding hydrogens is 394 g/mol. The summed E-state index contributed by atoms with van der Waals surface area (Å²) in [5.74, 6) is 1.95. The summed E-state index contributed by atoms with van der Waals surface area (Å²) in [5, 5.41) is 6.23. The van der Waals surface area contributed by atoms with E-state index in [1.54, 1.807) is 26.5 Å². The first kappa shape index (κ1) is 18.8. The molecule has 0 unspecified atom stereocenters. The lowest BCUT2D eigenvalue weighted by Gasteiger charge is -2.04. The summed E-state index contributed by atoms with van der Waals surface area (Å²) in [6.45, 7) is 0.603. The normalized spacial score (nSPS) is 14.0. The second-order valence-electron chi connectivity index (χ2n) is 7.14.